The van der Waals surface area contributed by atoms with Gasteiger partial charge in [0.15, 0.2) is 0 Å². The Morgan fingerprint density at radius 3 is 1.73 bits per heavy atom. The molecule has 0 unspecified atom stereocenters. The van der Waals surface area contributed by atoms with E-state index in [1.807, 2.05) is 0 Å². The van der Waals surface area contributed by atoms with E-state index >= 15 is 0 Å². The van der Waals surface area contributed by atoms with Gasteiger partial charge in [-0.15, -0.1) is 0 Å². The summed E-state index contributed by atoms with van der Waals surface area (Å²) in [5.74, 6) is 0. The second kappa shape index (κ2) is 2.46. The van der Waals surface area contributed by atoms with Crippen molar-refractivity contribution in [3.63, 3.8) is 0 Å². The van der Waals surface area contributed by atoms with Crippen LogP contribution in [0.1, 0.15) is 40.5 Å². The molecule has 1 saturated heterocycles. The van der Waals surface area contributed by atoms with Gasteiger partial charge in [-0.3, -0.25) is 0 Å². The van der Waals surface area contributed by atoms with Crippen LogP contribution in [0.5, 0.6) is 0 Å². The van der Waals surface area contributed by atoms with Crippen molar-refractivity contribution < 1.29 is 0 Å². The molecular formula is C9H20N2. The van der Waals surface area contributed by atoms with Crippen molar-refractivity contribution in [1.29, 1.82) is 0 Å². The molecule has 0 aliphatic carbocycles. The molecule has 0 aromatic rings. The van der Waals surface area contributed by atoms with Gasteiger partial charge in [0.2, 0.25) is 0 Å². The number of nitrogens with one attached hydrogen (secondary N) is 1. The highest BCUT2D eigenvalue weighted by Gasteiger charge is 2.35. The predicted molar refractivity (Wildman–Crippen MR) is 48.5 cm³/mol. The lowest BCUT2D eigenvalue weighted by Crippen LogP contribution is -2.60. The van der Waals surface area contributed by atoms with E-state index in [9.17, 15) is 0 Å². The standard InChI is InChI=1S/C9H20N2/c1-8(2)5-7(10)6-9(3,4)11-8/h7,11H,5-6,10H2,1-4H3/i11+1. The molecule has 3 N–H and O–H groups in total. The van der Waals surface area contributed by atoms with Crippen LogP contribution in [0.25, 0.3) is 0 Å². The van der Waals surface area contributed by atoms with E-state index in [-0.39, 0.29) is 11.1 Å². The summed E-state index contributed by atoms with van der Waals surface area (Å²) in [5.41, 5.74) is 6.36. The molecule has 66 valence electrons. The minimum absolute atomic E-state index is 0.209. The van der Waals surface area contributed by atoms with Crippen molar-refractivity contribution in [2.45, 2.75) is 57.7 Å². The van der Waals surface area contributed by atoms with Crippen LogP contribution >= 0.6 is 0 Å². The summed E-state index contributed by atoms with van der Waals surface area (Å²) < 4.78 is 0. The van der Waals surface area contributed by atoms with Crippen molar-refractivity contribution in [1.82, 2.24) is 5.32 Å². The molecule has 0 radical (unpaired) electrons. The molecule has 0 atom stereocenters. The number of nitrogens with two attached hydrogens (primary N) is 1. The second-order valence-electron chi connectivity index (χ2n) is 5.06. The molecule has 0 amide bonds. The van der Waals surface area contributed by atoms with Crippen LogP contribution in [-0.4, -0.2) is 17.1 Å². The molecule has 2 nitrogen and oxygen atoms in total. The molecule has 2 heteroatoms. The van der Waals surface area contributed by atoms with E-state index in [2.05, 4.69) is 33.0 Å². The second-order valence-corrected chi connectivity index (χ2v) is 5.06. The monoisotopic (exact) mass is 157 g/mol. The van der Waals surface area contributed by atoms with Gasteiger partial charge < -0.3 is 11.1 Å². The SMILES string of the molecule is CC1(C)CC(N)CC(C)(C)[15NH]1. The first kappa shape index (κ1) is 9.01. The van der Waals surface area contributed by atoms with Gasteiger partial charge >= 0.3 is 0 Å². The van der Waals surface area contributed by atoms with E-state index in [0.717, 1.165) is 12.8 Å². The highest BCUT2D eigenvalue weighted by molar-refractivity contribution is 4.98. The lowest BCUT2D eigenvalue weighted by molar-refractivity contribution is 0.163. The first-order valence-electron chi connectivity index (χ1n) is 4.36. The quantitative estimate of drug-likeness (QED) is 0.519. The number of piperidine rings is 1. The van der Waals surface area contributed by atoms with Gasteiger partial charge in [0.05, 0.1) is 0 Å². The Balaban J connectivity index is 2.66. The van der Waals surface area contributed by atoms with Gasteiger partial charge in [0.25, 0.3) is 0 Å². The fraction of sp³-hybridized carbons (Fsp3) is 1.00. The molecule has 11 heavy (non-hydrogen) atoms. The number of rotatable bonds is 0. The highest BCUT2D eigenvalue weighted by Crippen LogP contribution is 2.26. The molecular weight excluding hydrogens is 137 g/mol. The smallest absolute Gasteiger partial charge is 0.0144 e. The van der Waals surface area contributed by atoms with Gasteiger partial charge in [-0.2, -0.15) is 0 Å². The normalized spacial score (nSPS) is 30.3. The van der Waals surface area contributed by atoms with Crippen molar-refractivity contribution >= 4 is 0 Å². The maximum atomic E-state index is 5.95. The van der Waals surface area contributed by atoms with Gasteiger partial charge in [0.1, 0.15) is 0 Å². The summed E-state index contributed by atoms with van der Waals surface area (Å²) >= 11 is 0. The first-order chi connectivity index (χ1) is 4.81. The maximum Gasteiger partial charge on any atom is 0.0144 e. The lowest BCUT2D eigenvalue weighted by atomic mass is 9.83. The summed E-state index contributed by atoms with van der Waals surface area (Å²) in [6.45, 7) is 8.86. The fourth-order valence-electron chi connectivity index (χ4n) is 2.40. The van der Waals surface area contributed by atoms with Crippen LogP contribution < -0.4 is 11.1 Å². The molecule has 1 rings (SSSR count). The van der Waals surface area contributed by atoms with Crippen molar-refractivity contribution in [2.75, 3.05) is 0 Å². The van der Waals surface area contributed by atoms with E-state index in [1.165, 1.54) is 0 Å². The Morgan fingerprint density at radius 1 is 1.09 bits per heavy atom. The third kappa shape index (κ3) is 2.46. The Morgan fingerprint density at radius 2 is 1.45 bits per heavy atom. The molecule has 0 bridgehead atoms. The minimum atomic E-state index is 0.209. The summed E-state index contributed by atoms with van der Waals surface area (Å²) in [6.07, 6.45) is 2.16. The van der Waals surface area contributed by atoms with Crippen LogP contribution in [-0.2, 0) is 0 Å². The fourth-order valence-corrected chi connectivity index (χ4v) is 2.40. The van der Waals surface area contributed by atoms with Gasteiger partial charge in [-0.1, -0.05) is 0 Å². The van der Waals surface area contributed by atoms with E-state index in [4.69, 9.17) is 5.73 Å². The van der Waals surface area contributed by atoms with Crippen LogP contribution in [0.3, 0.4) is 0 Å². The molecule has 1 heterocycles. The highest BCUT2D eigenvalue weighted by atomic mass is 15.7. The Hall–Kier alpha value is -0.0800. The molecule has 1 aliphatic rings. The zero-order chi connectivity index (χ0) is 8.70. The van der Waals surface area contributed by atoms with E-state index in [1.54, 1.807) is 0 Å². The van der Waals surface area contributed by atoms with Crippen LogP contribution in [0.15, 0.2) is 0 Å². The summed E-state index contributed by atoms with van der Waals surface area (Å²) in [6, 6.07) is 0.362. The molecule has 1 fully saturated rings. The van der Waals surface area contributed by atoms with Crippen LogP contribution in [0.4, 0.5) is 0 Å². The topological polar surface area (TPSA) is 38.0 Å². The third-order valence-corrected chi connectivity index (χ3v) is 2.22. The average molecular weight is 157 g/mol. The first-order valence-corrected chi connectivity index (χ1v) is 4.36. The Labute approximate surface area is 69.5 Å². The van der Waals surface area contributed by atoms with Crippen molar-refractivity contribution in [3.8, 4) is 0 Å². The zero-order valence-electron chi connectivity index (χ0n) is 8.07. The summed E-state index contributed by atoms with van der Waals surface area (Å²) in [4.78, 5) is 0. The van der Waals surface area contributed by atoms with Crippen molar-refractivity contribution in [2.24, 2.45) is 5.73 Å². The third-order valence-electron chi connectivity index (χ3n) is 2.22. The van der Waals surface area contributed by atoms with Crippen molar-refractivity contribution in [3.05, 3.63) is 0 Å². The average Bonchev–Trinajstić information content (AvgIpc) is 1.49. The Kier molecular flexibility index (Phi) is 2.01. The van der Waals surface area contributed by atoms with Gasteiger partial charge in [-0.05, 0) is 40.5 Å². The number of hydrogen-bond acceptors (Lipinski definition) is 2. The van der Waals surface area contributed by atoms with Gasteiger partial charge in [0, 0.05) is 17.1 Å². The zero-order valence-corrected chi connectivity index (χ0v) is 8.07. The molecule has 0 aromatic carbocycles. The summed E-state index contributed by atoms with van der Waals surface area (Å²) in [5, 5.41) is 3.58. The number of hydrogen-bond donors (Lipinski definition) is 2. The van der Waals surface area contributed by atoms with Crippen LogP contribution in [0, 0.1) is 0 Å². The largest absolute Gasteiger partial charge is 0.328 e. The van der Waals surface area contributed by atoms with E-state index in [0.29, 0.717) is 6.04 Å². The molecule has 0 aromatic heterocycles. The molecule has 0 saturated carbocycles. The van der Waals surface area contributed by atoms with E-state index < -0.39 is 0 Å². The predicted octanol–water partition coefficient (Wildman–Crippen LogP) is 1.25. The minimum Gasteiger partial charge on any atom is -0.328 e. The summed E-state index contributed by atoms with van der Waals surface area (Å²) in [7, 11) is 0. The molecule has 1 aliphatic heterocycles. The Bertz CT molecular complexity index is 134. The van der Waals surface area contributed by atoms with Gasteiger partial charge in [-0.25, -0.2) is 0 Å². The lowest BCUT2D eigenvalue weighted by Gasteiger charge is -2.45. The molecule has 0 spiro atoms. The van der Waals surface area contributed by atoms with Crippen LogP contribution in [0.2, 0.25) is 0 Å². The maximum absolute atomic E-state index is 5.95.